The van der Waals surface area contributed by atoms with E-state index in [1.807, 2.05) is 30.3 Å². The number of ether oxygens (including phenoxy) is 3. The van der Waals surface area contributed by atoms with Crippen LogP contribution in [0.3, 0.4) is 0 Å². The van der Waals surface area contributed by atoms with Crippen LogP contribution in [0.2, 0.25) is 0 Å². The Kier molecular flexibility index (Phi) is 4.46. The summed E-state index contributed by atoms with van der Waals surface area (Å²) in [4.78, 5) is 4.18. The highest BCUT2D eigenvalue weighted by molar-refractivity contribution is 5.48. The second-order valence-corrected chi connectivity index (χ2v) is 3.89. The van der Waals surface area contributed by atoms with Gasteiger partial charge in [0.2, 0.25) is 11.8 Å². The second-order valence-electron chi connectivity index (χ2n) is 3.89. The van der Waals surface area contributed by atoms with Crippen molar-refractivity contribution in [3.05, 3.63) is 47.5 Å². The van der Waals surface area contributed by atoms with Crippen molar-refractivity contribution in [3.8, 4) is 29.4 Å². The van der Waals surface area contributed by atoms with Gasteiger partial charge in [-0.1, -0.05) is 11.8 Å². The minimum Gasteiger partial charge on any atom is -0.497 e. The van der Waals surface area contributed by atoms with Crippen molar-refractivity contribution in [2.45, 2.75) is 0 Å². The third kappa shape index (κ3) is 3.21. The molecule has 0 fully saturated rings. The van der Waals surface area contributed by atoms with Gasteiger partial charge < -0.3 is 14.2 Å². The van der Waals surface area contributed by atoms with Gasteiger partial charge in [0.1, 0.15) is 5.75 Å². The van der Waals surface area contributed by atoms with Crippen molar-refractivity contribution in [1.29, 1.82) is 0 Å². The smallest absolute Gasteiger partial charge is 0.232 e. The zero-order valence-corrected chi connectivity index (χ0v) is 11.6. The van der Waals surface area contributed by atoms with Crippen LogP contribution >= 0.6 is 0 Å². The highest BCUT2D eigenvalue weighted by Gasteiger charge is 2.03. The van der Waals surface area contributed by atoms with E-state index in [1.54, 1.807) is 27.4 Å². The SMILES string of the molecule is COc1ccc(C#Cc2ccc(OC)nc2OC)cc1. The molecule has 102 valence electrons. The van der Waals surface area contributed by atoms with Crippen LogP contribution in [0.1, 0.15) is 11.1 Å². The van der Waals surface area contributed by atoms with Crippen molar-refractivity contribution >= 4 is 0 Å². The van der Waals surface area contributed by atoms with Crippen molar-refractivity contribution in [1.82, 2.24) is 4.98 Å². The average molecular weight is 269 g/mol. The summed E-state index contributed by atoms with van der Waals surface area (Å²) in [5, 5.41) is 0. The zero-order valence-electron chi connectivity index (χ0n) is 11.6. The van der Waals surface area contributed by atoms with Gasteiger partial charge in [0.15, 0.2) is 0 Å². The number of benzene rings is 1. The molecular weight excluding hydrogens is 254 g/mol. The number of nitrogens with zero attached hydrogens (tertiary/aromatic N) is 1. The molecule has 0 N–H and O–H groups in total. The quantitative estimate of drug-likeness (QED) is 0.803. The predicted octanol–water partition coefficient (Wildman–Crippen LogP) is 2.51. The zero-order chi connectivity index (χ0) is 14.4. The lowest BCUT2D eigenvalue weighted by atomic mass is 10.2. The van der Waals surface area contributed by atoms with Gasteiger partial charge in [-0.15, -0.1) is 0 Å². The summed E-state index contributed by atoms with van der Waals surface area (Å²) >= 11 is 0. The number of rotatable bonds is 3. The topological polar surface area (TPSA) is 40.6 Å². The maximum Gasteiger partial charge on any atom is 0.232 e. The minimum absolute atomic E-state index is 0.449. The van der Waals surface area contributed by atoms with Gasteiger partial charge in [0.05, 0.1) is 26.9 Å². The second kappa shape index (κ2) is 6.48. The van der Waals surface area contributed by atoms with E-state index in [9.17, 15) is 0 Å². The molecule has 4 heteroatoms. The van der Waals surface area contributed by atoms with Crippen molar-refractivity contribution in [3.63, 3.8) is 0 Å². The largest absolute Gasteiger partial charge is 0.497 e. The van der Waals surface area contributed by atoms with E-state index < -0.39 is 0 Å². The molecule has 0 aliphatic rings. The van der Waals surface area contributed by atoms with Crippen LogP contribution in [-0.4, -0.2) is 26.3 Å². The first-order valence-electron chi connectivity index (χ1n) is 6.02. The molecule has 0 spiro atoms. The molecule has 0 aliphatic heterocycles. The summed E-state index contributed by atoms with van der Waals surface area (Å²) in [6.45, 7) is 0. The Balaban J connectivity index is 2.27. The Hall–Kier alpha value is -2.67. The molecule has 1 aromatic carbocycles. The summed E-state index contributed by atoms with van der Waals surface area (Å²) in [6, 6.07) is 11.1. The van der Waals surface area contributed by atoms with Crippen LogP contribution in [0.4, 0.5) is 0 Å². The van der Waals surface area contributed by atoms with Crippen LogP contribution in [0.25, 0.3) is 0 Å². The van der Waals surface area contributed by atoms with E-state index in [2.05, 4.69) is 16.8 Å². The Morgan fingerprint density at radius 3 is 2.15 bits per heavy atom. The van der Waals surface area contributed by atoms with Gasteiger partial charge in [-0.2, -0.15) is 4.98 Å². The maximum atomic E-state index is 5.20. The molecule has 0 radical (unpaired) electrons. The van der Waals surface area contributed by atoms with Crippen molar-refractivity contribution in [2.24, 2.45) is 0 Å². The molecule has 20 heavy (non-hydrogen) atoms. The van der Waals surface area contributed by atoms with E-state index in [0.29, 0.717) is 17.3 Å². The summed E-state index contributed by atoms with van der Waals surface area (Å²) in [5.41, 5.74) is 1.60. The monoisotopic (exact) mass is 269 g/mol. The Morgan fingerprint density at radius 1 is 0.800 bits per heavy atom. The molecule has 2 aromatic rings. The van der Waals surface area contributed by atoms with Crippen LogP contribution in [0.5, 0.6) is 17.5 Å². The molecule has 1 aromatic heterocycles. The van der Waals surface area contributed by atoms with Gasteiger partial charge in [-0.3, -0.25) is 0 Å². The third-order valence-corrected chi connectivity index (χ3v) is 2.67. The molecule has 0 aliphatic carbocycles. The van der Waals surface area contributed by atoms with Crippen LogP contribution in [0.15, 0.2) is 36.4 Å². The van der Waals surface area contributed by atoms with Gasteiger partial charge in [0, 0.05) is 11.6 Å². The average Bonchev–Trinajstić information content (AvgIpc) is 2.53. The lowest BCUT2D eigenvalue weighted by Crippen LogP contribution is -1.94. The molecular formula is C16H15NO3. The lowest BCUT2D eigenvalue weighted by molar-refractivity contribution is 0.364. The van der Waals surface area contributed by atoms with Crippen LogP contribution < -0.4 is 14.2 Å². The van der Waals surface area contributed by atoms with Crippen LogP contribution in [0, 0.1) is 11.8 Å². The standard InChI is InChI=1S/C16H15NO3/c1-18-14-9-5-12(6-10-14)4-7-13-8-11-15(19-2)17-16(13)20-3/h5-6,8-11H,1-3H3. The van der Waals surface area contributed by atoms with E-state index in [0.717, 1.165) is 11.3 Å². The summed E-state index contributed by atoms with van der Waals surface area (Å²) in [6.07, 6.45) is 0. The first-order chi connectivity index (χ1) is 9.76. The molecule has 0 saturated carbocycles. The number of hydrogen-bond donors (Lipinski definition) is 0. The van der Waals surface area contributed by atoms with E-state index in [1.165, 1.54) is 0 Å². The molecule has 0 bridgehead atoms. The van der Waals surface area contributed by atoms with E-state index in [4.69, 9.17) is 14.2 Å². The van der Waals surface area contributed by atoms with Crippen molar-refractivity contribution in [2.75, 3.05) is 21.3 Å². The van der Waals surface area contributed by atoms with Crippen molar-refractivity contribution < 1.29 is 14.2 Å². The summed E-state index contributed by atoms with van der Waals surface area (Å²) in [7, 11) is 4.75. The maximum absolute atomic E-state index is 5.20. The highest BCUT2D eigenvalue weighted by Crippen LogP contribution is 2.18. The summed E-state index contributed by atoms with van der Waals surface area (Å²) in [5.74, 6) is 7.84. The molecule has 0 saturated heterocycles. The highest BCUT2D eigenvalue weighted by atomic mass is 16.5. The molecule has 2 rings (SSSR count). The first kappa shape index (κ1) is 13.8. The normalized spacial score (nSPS) is 9.35. The van der Waals surface area contributed by atoms with Crippen LogP contribution in [-0.2, 0) is 0 Å². The Bertz CT molecular complexity index is 639. The number of hydrogen-bond acceptors (Lipinski definition) is 4. The van der Waals surface area contributed by atoms with Gasteiger partial charge in [-0.05, 0) is 30.3 Å². The Labute approximate surface area is 118 Å². The molecule has 0 amide bonds. The number of aromatic nitrogens is 1. The van der Waals surface area contributed by atoms with Gasteiger partial charge >= 0.3 is 0 Å². The van der Waals surface area contributed by atoms with E-state index >= 15 is 0 Å². The first-order valence-corrected chi connectivity index (χ1v) is 6.02. The number of pyridine rings is 1. The Morgan fingerprint density at radius 2 is 1.55 bits per heavy atom. The fourth-order valence-electron chi connectivity index (χ4n) is 1.60. The molecule has 0 atom stereocenters. The van der Waals surface area contributed by atoms with Gasteiger partial charge in [-0.25, -0.2) is 0 Å². The number of methoxy groups -OCH3 is 3. The van der Waals surface area contributed by atoms with E-state index in [-0.39, 0.29) is 0 Å². The summed E-state index contributed by atoms with van der Waals surface area (Å²) < 4.78 is 15.3. The van der Waals surface area contributed by atoms with Gasteiger partial charge in [0.25, 0.3) is 0 Å². The molecule has 1 heterocycles. The lowest BCUT2D eigenvalue weighted by Gasteiger charge is -2.04. The fourth-order valence-corrected chi connectivity index (χ4v) is 1.60. The molecule has 4 nitrogen and oxygen atoms in total. The third-order valence-electron chi connectivity index (χ3n) is 2.67. The predicted molar refractivity (Wildman–Crippen MR) is 76.3 cm³/mol. The minimum atomic E-state index is 0.449. The fraction of sp³-hybridized carbons (Fsp3) is 0.188. The molecule has 0 unspecified atom stereocenters.